The van der Waals surface area contributed by atoms with E-state index in [0.717, 1.165) is 0 Å². The van der Waals surface area contributed by atoms with Crippen molar-refractivity contribution in [3.63, 3.8) is 0 Å². The smallest absolute Gasteiger partial charge is 0.311 e. The van der Waals surface area contributed by atoms with Crippen molar-refractivity contribution in [3.05, 3.63) is 41.7 Å². The third-order valence-corrected chi connectivity index (χ3v) is 18.2. The minimum Gasteiger partial charge on any atom is -0.459 e. The maximum atomic E-state index is 14.9. The van der Waals surface area contributed by atoms with Crippen LogP contribution in [0.15, 0.2) is 41.1 Å². The first kappa shape index (κ1) is 64.6. The molecule has 9 N–H and O–H groups in total. The molecule has 1 amide bonds. The molecule has 0 aromatic heterocycles. The molecule has 3 saturated heterocycles. The Labute approximate surface area is 454 Å². The number of carbonyl (C=O) groups excluding carboxylic acids is 2. The van der Waals surface area contributed by atoms with Gasteiger partial charge in [-0.1, -0.05) is 32.9 Å². The van der Waals surface area contributed by atoms with Gasteiger partial charge in [0.05, 0.1) is 46.4 Å². The van der Waals surface area contributed by atoms with Gasteiger partial charge in [0.2, 0.25) is 5.91 Å². The summed E-state index contributed by atoms with van der Waals surface area (Å²) < 4.78 is 84.0. The lowest BCUT2D eigenvalue weighted by Crippen LogP contribution is -2.61. The van der Waals surface area contributed by atoms with E-state index in [-0.39, 0.29) is 30.1 Å². The number of rotatable bonds is 18. The van der Waals surface area contributed by atoms with E-state index in [1.807, 2.05) is 37.7 Å². The highest BCUT2D eigenvalue weighted by Crippen LogP contribution is 2.41. The number of esters is 1. The van der Waals surface area contributed by atoms with Gasteiger partial charge in [-0.2, -0.15) is 0 Å². The second-order valence-electron chi connectivity index (χ2n) is 22.9. The van der Waals surface area contributed by atoms with Gasteiger partial charge in [0.1, 0.15) is 54.6 Å². The van der Waals surface area contributed by atoms with Crippen molar-refractivity contribution < 1.29 is 81.1 Å². The number of aliphatic hydroxyl groups excluding tert-OH is 3. The average molecular weight is 1120 g/mol. The first-order valence-corrected chi connectivity index (χ1v) is 28.5. The van der Waals surface area contributed by atoms with E-state index < -0.39 is 148 Å². The number of hydrogen-bond acceptors (Lipinski definition) is 21. The minimum absolute atomic E-state index is 0.0638. The molecule has 0 bridgehead atoms. The predicted octanol–water partition coefficient (Wildman–Crippen LogP) is 1.81. The molecule has 4 heterocycles. The SMILES string of the molecule is CC[C@H]1OC(=O)[C@H](C)[C@@H](O[C@H]2C[C@@](C)(OC)[C@@H](O)[C@H](C)O2)[C@H](C)[C@@H](O[C@@H]2O[C@H](C)C[C@H](N(C)CCC3=CN([C@H](CF)[C@H](OC)c4ccc(S(=O)(=O)CC(N)=O)cc4)NN3)[C@H]2O)[C@](C)(O)C[C@@H](C)CN(C)[C@H](C)[C@@H](O)[C@]1(C)O. The lowest BCUT2D eigenvalue weighted by molar-refractivity contribution is -0.318. The molecular formula is C53H91FN6O16S. The molecule has 0 unspecified atom stereocenters. The van der Waals surface area contributed by atoms with E-state index in [1.54, 1.807) is 54.7 Å². The Morgan fingerprint density at radius 2 is 1.65 bits per heavy atom. The number of hydrazine groups is 2. The lowest BCUT2D eigenvalue weighted by Gasteiger charge is -2.49. The minimum atomic E-state index is -3.96. The largest absolute Gasteiger partial charge is 0.459 e. The second-order valence-corrected chi connectivity index (χ2v) is 24.9. The number of nitrogens with one attached hydrogen (secondary N) is 2. The Balaban J connectivity index is 1.42. The number of methoxy groups -OCH3 is 2. The van der Waals surface area contributed by atoms with Crippen molar-refractivity contribution in [1.82, 2.24) is 25.8 Å². The molecule has 3 fully saturated rings. The van der Waals surface area contributed by atoms with Crippen LogP contribution in [0.1, 0.15) is 113 Å². The summed E-state index contributed by atoms with van der Waals surface area (Å²) in [6.45, 7) is 17.2. The summed E-state index contributed by atoms with van der Waals surface area (Å²) in [4.78, 5) is 29.6. The summed E-state index contributed by atoms with van der Waals surface area (Å²) in [5.74, 6) is -4.81. The summed E-state index contributed by atoms with van der Waals surface area (Å²) in [5.41, 5.74) is 7.72. The van der Waals surface area contributed by atoms with Crippen molar-refractivity contribution in [1.29, 1.82) is 0 Å². The summed E-state index contributed by atoms with van der Waals surface area (Å²) >= 11 is 0. The number of amides is 1. The number of sulfone groups is 1. The molecule has 0 spiro atoms. The van der Waals surface area contributed by atoms with Crippen LogP contribution >= 0.6 is 0 Å². The molecule has 442 valence electrons. The fourth-order valence-corrected chi connectivity index (χ4v) is 12.8. The average Bonchev–Trinajstić information content (AvgIpc) is 3.84. The summed E-state index contributed by atoms with van der Waals surface area (Å²) in [7, 11) is 2.60. The number of hydrogen-bond donors (Lipinski definition) is 8. The van der Waals surface area contributed by atoms with Gasteiger partial charge in [-0.3, -0.25) is 14.6 Å². The van der Waals surface area contributed by atoms with E-state index in [4.69, 9.17) is 38.9 Å². The molecule has 5 rings (SSSR count). The van der Waals surface area contributed by atoms with Gasteiger partial charge in [0.25, 0.3) is 0 Å². The third kappa shape index (κ3) is 15.2. The highest BCUT2D eigenvalue weighted by Gasteiger charge is 2.53. The van der Waals surface area contributed by atoms with Crippen molar-refractivity contribution in [2.75, 3.05) is 53.8 Å². The topological polar surface area (TPSA) is 294 Å². The zero-order chi connectivity index (χ0) is 57.7. The van der Waals surface area contributed by atoms with Crippen LogP contribution in [0.5, 0.6) is 0 Å². The number of benzene rings is 1. The monoisotopic (exact) mass is 1120 g/mol. The van der Waals surface area contributed by atoms with E-state index in [0.29, 0.717) is 37.2 Å². The van der Waals surface area contributed by atoms with E-state index in [9.17, 15) is 47.9 Å². The lowest BCUT2D eigenvalue weighted by atomic mass is 9.77. The fourth-order valence-electron chi connectivity index (χ4n) is 11.8. The normalized spacial score (nSPS) is 39.2. The van der Waals surface area contributed by atoms with Crippen LogP contribution < -0.4 is 16.7 Å². The van der Waals surface area contributed by atoms with Crippen LogP contribution in [0.2, 0.25) is 0 Å². The highest BCUT2D eigenvalue weighted by molar-refractivity contribution is 7.92. The number of nitrogens with zero attached hydrogens (tertiary/aromatic N) is 3. The Morgan fingerprint density at radius 1 is 1.00 bits per heavy atom. The zero-order valence-electron chi connectivity index (χ0n) is 47.5. The molecule has 77 heavy (non-hydrogen) atoms. The number of likely N-dealkylation sites (N-methyl/N-ethyl adjacent to an activating group) is 2. The first-order valence-electron chi connectivity index (χ1n) is 26.8. The van der Waals surface area contributed by atoms with Gasteiger partial charge < -0.3 is 79.6 Å². The standard InChI is InChI=1S/C53H91FN6O16S/c1-15-40-53(10,67)46(63)33(6)59(12)26-29(2)23-51(8,66)48(31(4)44(32(5)49(65)74-40)75-42-24-52(9,71-14)47(64)34(7)73-42)76-50-43(62)38(22-30(3)72-50)58(11)21-20-36-27-60(57-56-36)39(25-54)45(70-13)35-16-18-37(19-17-35)77(68,69)28-41(55)61/h16-19,27,29-34,38-40,42-48,50,56-57,62-64,66-67H,15,20-26,28H2,1-14H3,(H2,55,61)/t29-,30-,31+,32-,33-,34+,38+,39-,40-,42+,43-,44+,45-,46-,47+,48-,50+,51-,52-,53-/m1/s1. The number of carbonyl (C=O) groups is 2. The molecule has 4 aliphatic rings. The number of alkyl halides is 1. The maximum Gasteiger partial charge on any atom is 0.311 e. The maximum absolute atomic E-state index is 14.9. The summed E-state index contributed by atoms with van der Waals surface area (Å²) in [6, 6.07) is 3.60. The number of aliphatic hydroxyl groups is 5. The van der Waals surface area contributed by atoms with Crippen LogP contribution in [0.3, 0.4) is 0 Å². The molecule has 22 nitrogen and oxygen atoms in total. The summed E-state index contributed by atoms with van der Waals surface area (Å²) in [5, 5.41) is 61.4. The van der Waals surface area contributed by atoms with E-state index in [1.165, 1.54) is 50.4 Å². The number of nitrogens with two attached hydrogens (primary N) is 1. The van der Waals surface area contributed by atoms with Crippen molar-refractivity contribution in [2.45, 2.75) is 209 Å². The number of cyclic esters (lactones) is 1. The summed E-state index contributed by atoms with van der Waals surface area (Å²) in [6.07, 6.45) is -8.55. The molecule has 0 aliphatic carbocycles. The molecule has 0 saturated carbocycles. The number of ether oxygens (including phenoxy) is 7. The van der Waals surface area contributed by atoms with Crippen LogP contribution in [0.4, 0.5) is 4.39 Å². The zero-order valence-corrected chi connectivity index (χ0v) is 48.3. The molecule has 1 aromatic rings. The molecule has 20 atom stereocenters. The van der Waals surface area contributed by atoms with Gasteiger partial charge >= 0.3 is 5.97 Å². The van der Waals surface area contributed by atoms with E-state index in [2.05, 4.69) is 11.0 Å². The van der Waals surface area contributed by atoms with Crippen LogP contribution in [-0.2, 0) is 52.6 Å². The van der Waals surface area contributed by atoms with Crippen molar-refractivity contribution in [3.8, 4) is 0 Å². The van der Waals surface area contributed by atoms with E-state index >= 15 is 0 Å². The second kappa shape index (κ2) is 26.6. The first-order chi connectivity index (χ1) is 35.8. The van der Waals surface area contributed by atoms with Crippen LogP contribution in [0.25, 0.3) is 0 Å². The molecule has 4 aliphatic heterocycles. The Bertz CT molecular complexity index is 2230. The van der Waals surface area contributed by atoms with Crippen LogP contribution in [0, 0.1) is 17.8 Å². The quantitative estimate of drug-likeness (QED) is 0.0973. The van der Waals surface area contributed by atoms with Gasteiger partial charge in [-0.15, -0.1) is 5.53 Å². The molecular weight excluding hydrogens is 1030 g/mol. The Kier molecular flexibility index (Phi) is 22.3. The Hall–Kier alpha value is -3.18. The van der Waals surface area contributed by atoms with Gasteiger partial charge in [0.15, 0.2) is 22.4 Å². The van der Waals surface area contributed by atoms with Gasteiger partial charge in [-0.05, 0) is 105 Å². The van der Waals surface area contributed by atoms with Crippen molar-refractivity contribution in [2.24, 2.45) is 23.5 Å². The Morgan fingerprint density at radius 3 is 2.23 bits per heavy atom. The molecule has 0 radical (unpaired) electrons. The third-order valence-electron chi connectivity index (χ3n) is 16.5. The van der Waals surface area contributed by atoms with Gasteiger partial charge in [-0.25, -0.2) is 12.8 Å². The van der Waals surface area contributed by atoms with Gasteiger partial charge in [0, 0.05) is 70.0 Å². The molecule has 1 aromatic carbocycles. The highest BCUT2D eigenvalue weighted by atomic mass is 32.2. The number of halogens is 1. The van der Waals surface area contributed by atoms with Crippen molar-refractivity contribution >= 4 is 21.7 Å². The van der Waals surface area contributed by atoms with Crippen LogP contribution in [-0.4, -0.2) is 211 Å². The fraction of sp³-hybridized carbons (Fsp3) is 0.811. The molecule has 24 heteroatoms. The predicted molar refractivity (Wildman–Crippen MR) is 281 cm³/mol. The number of primary amides is 1.